The lowest BCUT2D eigenvalue weighted by Crippen LogP contribution is -2.45. The van der Waals surface area contributed by atoms with E-state index in [4.69, 9.17) is 0 Å². The number of H-pyrrole nitrogens is 1. The third-order valence-corrected chi connectivity index (χ3v) is 7.10. The second kappa shape index (κ2) is 9.09. The molecule has 0 aliphatic carbocycles. The van der Waals surface area contributed by atoms with Crippen LogP contribution >= 0.6 is 0 Å². The van der Waals surface area contributed by atoms with E-state index < -0.39 is 22.0 Å². The van der Waals surface area contributed by atoms with Gasteiger partial charge >= 0.3 is 0 Å². The molecule has 34 heavy (non-hydrogen) atoms. The van der Waals surface area contributed by atoms with E-state index >= 15 is 0 Å². The fraction of sp³-hybridized carbons (Fsp3) is 0.0769. The molecule has 3 N–H and O–H groups in total. The normalized spacial score (nSPS) is 12.6. The number of hydrogen-bond donors (Lipinski definition) is 3. The molecule has 1 heterocycles. The maximum atomic E-state index is 13.3. The standard InChI is InChI=1S/C26H22N4O3S/c31-26(28-22-11-13-24-21(15-22)17-27-29-24)25(14-18-6-2-1-3-7-18)30-34(32,33)23-12-10-19-8-4-5-9-20(19)16-23/h1-13,15-17,25,30H,14H2,(H,27,29)(H,28,31)/t25-/m1/s1. The summed E-state index contributed by atoms with van der Waals surface area (Å²) in [5.74, 6) is -0.448. The number of nitrogens with one attached hydrogen (secondary N) is 3. The molecule has 0 aliphatic heterocycles. The fourth-order valence-electron chi connectivity index (χ4n) is 3.88. The van der Waals surface area contributed by atoms with Crippen molar-refractivity contribution in [3.8, 4) is 0 Å². The summed E-state index contributed by atoms with van der Waals surface area (Å²) >= 11 is 0. The van der Waals surface area contributed by atoms with Gasteiger partial charge in [0.15, 0.2) is 0 Å². The summed E-state index contributed by atoms with van der Waals surface area (Å²) in [5, 5.41) is 12.3. The molecule has 0 unspecified atom stereocenters. The summed E-state index contributed by atoms with van der Waals surface area (Å²) in [6.45, 7) is 0. The lowest BCUT2D eigenvalue weighted by atomic mass is 10.1. The zero-order chi connectivity index (χ0) is 23.5. The summed E-state index contributed by atoms with van der Waals surface area (Å²) in [5.41, 5.74) is 2.24. The Bertz CT molecular complexity index is 1580. The van der Waals surface area contributed by atoms with E-state index in [9.17, 15) is 13.2 Å². The first-order chi connectivity index (χ1) is 16.5. The highest BCUT2D eigenvalue weighted by Gasteiger charge is 2.26. The Hall–Kier alpha value is -4.01. The zero-order valence-corrected chi connectivity index (χ0v) is 18.9. The smallest absolute Gasteiger partial charge is 0.242 e. The molecule has 0 saturated heterocycles. The monoisotopic (exact) mass is 470 g/mol. The van der Waals surface area contributed by atoms with Gasteiger partial charge in [-0.1, -0.05) is 60.7 Å². The predicted molar refractivity (Wildman–Crippen MR) is 133 cm³/mol. The van der Waals surface area contributed by atoms with Crippen molar-refractivity contribution in [3.63, 3.8) is 0 Å². The Morgan fingerprint density at radius 3 is 2.44 bits per heavy atom. The number of anilines is 1. The van der Waals surface area contributed by atoms with Crippen LogP contribution < -0.4 is 10.0 Å². The molecule has 0 bridgehead atoms. The van der Waals surface area contributed by atoms with E-state index in [2.05, 4.69) is 20.2 Å². The Morgan fingerprint density at radius 2 is 1.62 bits per heavy atom. The molecule has 4 aromatic carbocycles. The molecule has 7 nitrogen and oxygen atoms in total. The topological polar surface area (TPSA) is 104 Å². The molecule has 0 spiro atoms. The highest BCUT2D eigenvalue weighted by molar-refractivity contribution is 7.89. The largest absolute Gasteiger partial charge is 0.325 e. The highest BCUT2D eigenvalue weighted by Crippen LogP contribution is 2.21. The first kappa shape index (κ1) is 21.8. The Morgan fingerprint density at radius 1 is 0.853 bits per heavy atom. The maximum Gasteiger partial charge on any atom is 0.242 e. The van der Waals surface area contributed by atoms with Crippen LogP contribution in [0.3, 0.4) is 0 Å². The summed E-state index contributed by atoms with van der Waals surface area (Å²) in [6.07, 6.45) is 1.86. The third kappa shape index (κ3) is 4.68. The van der Waals surface area contributed by atoms with Crippen molar-refractivity contribution in [2.45, 2.75) is 17.4 Å². The molecule has 1 aromatic heterocycles. The van der Waals surface area contributed by atoms with E-state index in [-0.39, 0.29) is 11.3 Å². The van der Waals surface area contributed by atoms with Crippen LogP contribution in [0, 0.1) is 0 Å². The molecule has 0 aliphatic rings. The molecule has 8 heteroatoms. The lowest BCUT2D eigenvalue weighted by molar-refractivity contribution is -0.117. The number of rotatable bonds is 7. The second-order valence-corrected chi connectivity index (χ2v) is 9.75. The number of fused-ring (bicyclic) bond motifs is 2. The molecule has 1 amide bonds. The van der Waals surface area contributed by atoms with Crippen LogP contribution in [-0.4, -0.2) is 30.6 Å². The third-order valence-electron chi connectivity index (χ3n) is 5.64. The van der Waals surface area contributed by atoms with Gasteiger partial charge in [-0.3, -0.25) is 9.89 Å². The van der Waals surface area contributed by atoms with Gasteiger partial charge in [0.05, 0.1) is 16.6 Å². The second-order valence-electron chi connectivity index (χ2n) is 8.03. The van der Waals surface area contributed by atoms with Crippen LogP contribution in [0.2, 0.25) is 0 Å². The van der Waals surface area contributed by atoms with Crippen LogP contribution in [0.4, 0.5) is 5.69 Å². The number of sulfonamides is 1. The SMILES string of the molecule is O=C(Nc1ccc2[nH]ncc2c1)[C@@H](Cc1ccccc1)NS(=O)(=O)c1ccc2ccccc2c1. The van der Waals surface area contributed by atoms with Gasteiger partial charge in [-0.15, -0.1) is 0 Å². The summed E-state index contributed by atoms with van der Waals surface area (Å²) in [6, 6.07) is 26.1. The molecular formula is C26H22N4O3S. The van der Waals surface area contributed by atoms with Crippen molar-refractivity contribution in [1.82, 2.24) is 14.9 Å². The Balaban J connectivity index is 1.43. The minimum absolute atomic E-state index is 0.108. The first-order valence-corrected chi connectivity index (χ1v) is 12.3. The molecule has 5 aromatic rings. The molecule has 0 radical (unpaired) electrons. The van der Waals surface area contributed by atoms with E-state index in [1.54, 1.807) is 36.5 Å². The van der Waals surface area contributed by atoms with Gasteiger partial charge in [-0.2, -0.15) is 9.82 Å². The summed E-state index contributed by atoms with van der Waals surface area (Å²) < 4.78 is 29.2. The van der Waals surface area contributed by atoms with Gasteiger partial charge in [-0.05, 0) is 53.1 Å². The first-order valence-electron chi connectivity index (χ1n) is 10.8. The average molecular weight is 471 g/mol. The molecule has 1 atom stereocenters. The minimum atomic E-state index is -3.96. The Labute approximate surface area is 196 Å². The number of carbonyl (C=O) groups is 1. The van der Waals surface area contributed by atoms with Gasteiger partial charge in [0.25, 0.3) is 0 Å². The lowest BCUT2D eigenvalue weighted by Gasteiger charge is -2.19. The van der Waals surface area contributed by atoms with Gasteiger partial charge in [0.1, 0.15) is 6.04 Å². The number of nitrogens with zero attached hydrogens (tertiary/aromatic N) is 1. The van der Waals surface area contributed by atoms with Crippen molar-refractivity contribution >= 4 is 43.3 Å². The van der Waals surface area contributed by atoms with Crippen LogP contribution in [0.15, 0.2) is 102 Å². The van der Waals surface area contributed by atoms with Crippen molar-refractivity contribution < 1.29 is 13.2 Å². The van der Waals surface area contributed by atoms with Crippen LogP contribution in [-0.2, 0) is 21.2 Å². The van der Waals surface area contributed by atoms with Crippen LogP contribution in [0.25, 0.3) is 21.7 Å². The maximum absolute atomic E-state index is 13.3. The quantitative estimate of drug-likeness (QED) is 0.331. The van der Waals surface area contributed by atoms with Crippen molar-refractivity contribution in [2.24, 2.45) is 0 Å². The van der Waals surface area contributed by atoms with Gasteiger partial charge in [-0.25, -0.2) is 8.42 Å². The highest BCUT2D eigenvalue weighted by atomic mass is 32.2. The van der Waals surface area contributed by atoms with E-state index in [0.717, 1.165) is 27.2 Å². The minimum Gasteiger partial charge on any atom is -0.325 e. The number of carbonyl (C=O) groups excluding carboxylic acids is 1. The number of aromatic nitrogens is 2. The van der Waals surface area contributed by atoms with Gasteiger partial charge < -0.3 is 5.32 Å². The Kier molecular flexibility index (Phi) is 5.83. The van der Waals surface area contributed by atoms with Crippen molar-refractivity contribution in [1.29, 1.82) is 0 Å². The van der Waals surface area contributed by atoms with E-state index in [0.29, 0.717) is 5.69 Å². The molecular weight excluding hydrogens is 448 g/mol. The van der Waals surface area contributed by atoms with Crippen LogP contribution in [0.1, 0.15) is 5.56 Å². The number of aromatic amines is 1. The number of hydrogen-bond acceptors (Lipinski definition) is 4. The zero-order valence-electron chi connectivity index (χ0n) is 18.1. The van der Waals surface area contributed by atoms with Crippen molar-refractivity contribution in [2.75, 3.05) is 5.32 Å². The molecule has 5 rings (SSSR count). The van der Waals surface area contributed by atoms with E-state index in [1.165, 1.54) is 0 Å². The van der Waals surface area contributed by atoms with Crippen molar-refractivity contribution in [3.05, 3.63) is 103 Å². The van der Waals surface area contributed by atoms with Gasteiger partial charge in [0.2, 0.25) is 15.9 Å². The molecule has 0 fully saturated rings. The van der Waals surface area contributed by atoms with E-state index in [1.807, 2.05) is 60.7 Å². The van der Waals surface area contributed by atoms with Gasteiger partial charge in [0, 0.05) is 11.1 Å². The van der Waals surface area contributed by atoms with Crippen LogP contribution in [0.5, 0.6) is 0 Å². The molecule has 170 valence electrons. The number of amides is 1. The number of benzene rings is 4. The summed E-state index contributed by atoms with van der Waals surface area (Å²) in [7, 11) is -3.96. The fourth-order valence-corrected chi connectivity index (χ4v) is 5.11. The molecule has 0 saturated carbocycles. The predicted octanol–water partition coefficient (Wildman–Crippen LogP) is 4.24. The average Bonchev–Trinajstić information content (AvgIpc) is 3.32. The summed E-state index contributed by atoms with van der Waals surface area (Å²) in [4.78, 5) is 13.4.